The minimum atomic E-state index is -0.454. The van der Waals surface area contributed by atoms with E-state index in [9.17, 15) is 4.79 Å². The number of benzene rings is 1. The van der Waals surface area contributed by atoms with Crippen molar-refractivity contribution in [3.05, 3.63) is 35.9 Å². The highest BCUT2D eigenvalue weighted by atomic mass is 16.6. The lowest BCUT2D eigenvalue weighted by molar-refractivity contribution is 0.00958. The quantitative estimate of drug-likeness (QED) is 0.857. The molecule has 0 bridgehead atoms. The van der Waals surface area contributed by atoms with E-state index in [0.717, 1.165) is 6.54 Å². The van der Waals surface area contributed by atoms with E-state index >= 15 is 0 Å². The Bertz CT molecular complexity index is 453. The van der Waals surface area contributed by atoms with Crippen LogP contribution in [0.15, 0.2) is 30.3 Å². The second-order valence-corrected chi connectivity index (χ2v) is 6.35. The molecule has 0 aromatic heterocycles. The summed E-state index contributed by atoms with van der Waals surface area (Å²) in [6.45, 7) is 9.14. The normalized spacial score (nSPS) is 23.5. The van der Waals surface area contributed by atoms with Gasteiger partial charge in [0.25, 0.3) is 0 Å². The molecular formula is C16H24N2O2. The van der Waals surface area contributed by atoms with Crippen molar-refractivity contribution in [3.8, 4) is 0 Å². The van der Waals surface area contributed by atoms with Crippen molar-refractivity contribution in [1.29, 1.82) is 0 Å². The first kappa shape index (κ1) is 14.9. The van der Waals surface area contributed by atoms with E-state index in [4.69, 9.17) is 4.74 Å². The van der Waals surface area contributed by atoms with Gasteiger partial charge in [0, 0.05) is 19.1 Å². The van der Waals surface area contributed by atoms with Gasteiger partial charge in [-0.15, -0.1) is 0 Å². The van der Waals surface area contributed by atoms with Gasteiger partial charge in [0.2, 0.25) is 0 Å². The molecule has 0 spiro atoms. The van der Waals surface area contributed by atoms with Gasteiger partial charge in [-0.1, -0.05) is 30.3 Å². The summed E-state index contributed by atoms with van der Waals surface area (Å²) in [4.78, 5) is 14.1. The second kappa shape index (κ2) is 5.83. The first-order chi connectivity index (χ1) is 9.37. The van der Waals surface area contributed by atoms with E-state index in [1.54, 1.807) is 0 Å². The molecule has 1 aliphatic heterocycles. The summed E-state index contributed by atoms with van der Waals surface area (Å²) in [5.41, 5.74) is 0.747. The Balaban J connectivity index is 2.07. The molecule has 2 atom stereocenters. The van der Waals surface area contributed by atoms with Gasteiger partial charge in [0.1, 0.15) is 5.60 Å². The van der Waals surface area contributed by atoms with Gasteiger partial charge >= 0.3 is 6.09 Å². The average Bonchev–Trinajstić information content (AvgIpc) is 2.38. The summed E-state index contributed by atoms with van der Waals surface area (Å²) in [6, 6.07) is 10.5. The van der Waals surface area contributed by atoms with Crippen LogP contribution in [0.5, 0.6) is 0 Å². The van der Waals surface area contributed by atoms with E-state index in [0.29, 0.717) is 6.54 Å². The van der Waals surface area contributed by atoms with Crippen LogP contribution in [-0.4, -0.2) is 35.7 Å². The number of carbonyl (C=O) groups excluding carboxylic acids is 1. The SMILES string of the molecule is C[C@@H]1CN[C@H](c2ccccc2)CN1C(=O)OC(C)(C)C. The highest BCUT2D eigenvalue weighted by Gasteiger charge is 2.32. The monoisotopic (exact) mass is 276 g/mol. The molecule has 4 heteroatoms. The summed E-state index contributed by atoms with van der Waals surface area (Å²) in [5, 5.41) is 3.48. The Labute approximate surface area is 121 Å². The Hall–Kier alpha value is -1.55. The lowest BCUT2D eigenvalue weighted by Gasteiger charge is -2.39. The molecule has 0 radical (unpaired) electrons. The minimum absolute atomic E-state index is 0.143. The third-order valence-corrected chi connectivity index (χ3v) is 3.40. The van der Waals surface area contributed by atoms with Crippen molar-refractivity contribution in [2.24, 2.45) is 0 Å². The number of nitrogens with one attached hydrogen (secondary N) is 1. The van der Waals surface area contributed by atoms with Gasteiger partial charge in [-0.3, -0.25) is 0 Å². The molecule has 0 aliphatic carbocycles. The van der Waals surface area contributed by atoms with E-state index < -0.39 is 5.60 Å². The molecule has 1 heterocycles. The molecule has 110 valence electrons. The zero-order chi connectivity index (χ0) is 14.8. The average molecular weight is 276 g/mol. The highest BCUT2D eigenvalue weighted by Crippen LogP contribution is 2.21. The second-order valence-electron chi connectivity index (χ2n) is 6.35. The molecule has 4 nitrogen and oxygen atoms in total. The van der Waals surface area contributed by atoms with Crippen molar-refractivity contribution in [1.82, 2.24) is 10.2 Å². The smallest absolute Gasteiger partial charge is 0.410 e. The maximum absolute atomic E-state index is 12.3. The van der Waals surface area contributed by atoms with Gasteiger partial charge in [-0.25, -0.2) is 4.79 Å². The zero-order valence-electron chi connectivity index (χ0n) is 12.7. The van der Waals surface area contributed by atoms with Crippen molar-refractivity contribution < 1.29 is 9.53 Å². The van der Waals surface area contributed by atoms with Gasteiger partial charge in [0.15, 0.2) is 0 Å². The van der Waals surface area contributed by atoms with Crippen LogP contribution in [0, 0.1) is 0 Å². The van der Waals surface area contributed by atoms with Crippen molar-refractivity contribution in [3.63, 3.8) is 0 Å². The van der Waals surface area contributed by atoms with E-state index in [1.165, 1.54) is 5.56 Å². The summed E-state index contributed by atoms with van der Waals surface area (Å²) in [6.07, 6.45) is -0.229. The van der Waals surface area contributed by atoms with Crippen LogP contribution in [0.4, 0.5) is 4.79 Å². The largest absolute Gasteiger partial charge is 0.444 e. The number of nitrogens with zero attached hydrogens (tertiary/aromatic N) is 1. The predicted octanol–water partition coefficient (Wildman–Crippen LogP) is 2.96. The molecule has 1 aliphatic rings. The number of carbonyl (C=O) groups is 1. The number of rotatable bonds is 1. The Morgan fingerprint density at radius 2 is 1.95 bits per heavy atom. The van der Waals surface area contributed by atoms with E-state index in [2.05, 4.69) is 17.4 Å². The molecule has 1 N–H and O–H groups in total. The van der Waals surface area contributed by atoms with Crippen LogP contribution in [-0.2, 0) is 4.74 Å². The number of hydrogen-bond acceptors (Lipinski definition) is 3. The standard InChI is InChI=1S/C16H24N2O2/c1-12-10-17-14(13-8-6-5-7-9-13)11-18(12)15(19)20-16(2,3)4/h5-9,12,14,17H,10-11H2,1-4H3/t12-,14+/m1/s1. The van der Waals surface area contributed by atoms with Crippen LogP contribution < -0.4 is 5.32 Å². The van der Waals surface area contributed by atoms with Crippen LogP contribution in [0.3, 0.4) is 0 Å². The summed E-state index contributed by atoms with van der Waals surface area (Å²) < 4.78 is 5.49. The number of hydrogen-bond donors (Lipinski definition) is 1. The molecule has 1 aromatic rings. The Morgan fingerprint density at radius 3 is 2.55 bits per heavy atom. The molecule has 0 saturated carbocycles. The van der Waals surface area contributed by atoms with Crippen molar-refractivity contribution >= 4 is 6.09 Å². The third-order valence-electron chi connectivity index (χ3n) is 3.40. The minimum Gasteiger partial charge on any atom is -0.444 e. The third kappa shape index (κ3) is 3.73. The zero-order valence-corrected chi connectivity index (χ0v) is 12.7. The maximum Gasteiger partial charge on any atom is 0.410 e. The molecule has 1 aromatic carbocycles. The van der Waals surface area contributed by atoms with Gasteiger partial charge in [-0.2, -0.15) is 0 Å². The molecule has 1 saturated heterocycles. The Morgan fingerprint density at radius 1 is 1.30 bits per heavy atom. The van der Waals surface area contributed by atoms with Crippen molar-refractivity contribution in [2.75, 3.05) is 13.1 Å². The van der Waals surface area contributed by atoms with E-state index in [1.807, 2.05) is 50.8 Å². The Kier molecular flexibility index (Phi) is 4.33. The van der Waals surface area contributed by atoms with Gasteiger partial charge in [0.05, 0.1) is 6.04 Å². The number of ether oxygens (including phenoxy) is 1. The first-order valence-corrected chi connectivity index (χ1v) is 7.15. The molecule has 1 amide bonds. The number of amides is 1. The topological polar surface area (TPSA) is 41.6 Å². The predicted molar refractivity (Wildman–Crippen MR) is 79.6 cm³/mol. The molecule has 0 unspecified atom stereocenters. The molecule has 20 heavy (non-hydrogen) atoms. The fourth-order valence-corrected chi connectivity index (χ4v) is 2.35. The van der Waals surface area contributed by atoms with Gasteiger partial charge in [-0.05, 0) is 33.3 Å². The summed E-state index contributed by atoms with van der Waals surface area (Å²) >= 11 is 0. The molecule has 1 fully saturated rings. The van der Waals surface area contributed by atoms with Crippen LogP contribution in [0.1, 0.15) is 39.3 Å². The molecule has 2 rings (SSSR count). The first-order valence-electron chi connectivity index (χ1n) is 7.15. The van der Waals surface area contributed by atoms with Crippen LogP contribution in [0.2, 0.25) is 0 Å². The van der Waals surface area contributed by atoms with Crippen molar-refractivity contribution in [2.45, 2.75) is 45.4 Å². The fourth-order valence-electron chi connectivity index (χ4n) is 2.35. The fraction of sp³-hybridized carbons (Fsp3) is 0.562. The van der Waals surface area contributed by atoms with Crippen LogP contribution in [0.25, 0.3) is 0 Å². The highest BCUT2D eigenvalue weighted by molar-refractivity contribution is 5.68. The van der Waals surface area contributed by atoms with Gasteiger partial charge < -0.3 is 15.0 Å². The maximum atomic E-state index is 12.3. The summed E-state index contributed by atoms with van der Waals surface area (Å²) in [7, 11) is 0. The lowest BCUT2D eigenvalue weighted by Crippen LogP contribution is -2.54. The molecular weight excluding hydrogens is 252 g/mol. The summed E-state index contributed by atoms with van der Waals surface area (Å²) in [5.74, 6) is 0. The lowest BCUT2D eigenvalue weighted by atomic mass is 10.0. The van der Waals surface area contributed by atoms with E-state index in [-0.39, 0.29) is 18.2 Å². The number of piperazine rings is 1. The van der Waals surface area contributed by atoms with Crippen LogP contribution >= 0.6 is 0 Å².